The van der Waals surface area contributed by atoms with E-state index in [0.29, 0.717) is 45.1 Å². The number of carbonyl (C=O) groups excluding carboxylic acids is 3. The summed E-state index contributed by atoms with van der Waals surface area (Å²) in [5.74, 6) is -1.86. The molecule has 3 aliphatic carbocycles. The van der Waals surface area contributed by atoms with Crippen molar-refractivity contribution in [3.8, 4) is 0 Å². The first-order chi connectivity index (χ1) is 14.2. The number of carbonyl (C=O) groups is 3. The molecule has 3 saturated carbocycles. The molecule has 3 aliphatic rings. The van der Waals surface area contributed by atoms with Gasteiger partial charge >= 0.3 is 0 Å². The van der Waals surface area contributed by atoms with Crippen LogP contribution in [0.3, 0.4) is 0 Å². The van der Waals surface area contributed by atoms with E-state index in [1.807, 2.05) is 6.08 Å². The lowest BCUT2D eigenvalue weighted by Crippen LogP contribution is -2.53. The fourth-order valence-electron chi connectivity index (χ4n) is 4.15. The summed E-state index contributed by atoms with van der Waals surface area (Å²) in [5, 5.41) is 2.28. The van der Waals surface area contributed by atoms with Gasteiger partial charge in [-0.25, -0.2) is 8.42 Å². The lowest BCUT2D eigenvalue weighted by atomic mass is 9.93. The van der Waals surface area contributed by atoms with E-state index >= 15 is 0 Å². The molecule has 0 saturated heterocycles. The van der Waals surface area contributed by atoms with Gasteiger partial charge in [-0.2, -0.15) is 0 Å². The molecule has 0 aromatic heterocycles. The molecule has 3 rings (SSSR count). The summed E-state index contributed by atoms with van der Waals surface area (Å²) in [6, 6.07) is 0. The van der Waals surface area contributed by atoms with Crippen molar-refractivity contribution < 1.29 is 22.8 Å². The number of nitrogens with one attached hydrogen (secondary N) is 2. The monoisotopic (exact) mass is 439 g/mol. The molecule has 9 heteroatoms. The molecule has 0 aromatic carbocycles. The van der Waals surface area contributed by atoms with Crippen LogP contribution in [0, 0.1) is 11.8 Å². The van der Waals surface area contributed by atoms with Crippen LogP contribution >= 0.6 is 0 Å². The Bertz CT molecular complexity index is 801. The fourth-order valence-corrected chi connectivity index (χ4v) is 5.53. The van der Waals surface area contributed by atoms with E-state index in [0.717, 1.165) is 25.7 Å². The molecule has 8 nitrogen and oxygen atoms in total. The molecule has 0 bridgehead atoms. The second-order valence-electron chi connectivity index (χ2n) is 8.94. The highest BCUT2D eigenvalue weighted by atomic mass is 32.2. The molecule has 2 N–H and O–H groups in total. The third-order valence-electron chi connectivity index (χ3n) is 6.44. The van der Waals surface area contributed by atoms with Crippen LogP contribution in [0.15, 0.2) is 12.7 Å². The van der Waals surface area contributed by atoms with Gasteiger partial charge in [0.1, 0.15) is 5.54 Å². The number of nitrogens with zero attached hydrogens (tertiary/aromatic N) is 1. The Morgan fingerprint density at radius 1 is 1.10 bits per heavy atom. The smallest absolute Gasteiger partial charge is 0.259 e. The average molecular weight is 440 g/mol. The fraction of sp³-hybridized carbons (Fsp3) is 0.762. The summed E-state index contributed by atoms with van der Waals surface area (Å²) >= 11 is 0. The molecule has 30 heavy (non-hydrogen) atoms. The first-order valence-electron chi connectivity index (χ1n) is 10.9. The number of allylic oxidation sites excluding steroid dienone is 1. The molecule has 2 atom stereocenters. The van der Waals surface area contributed by atoms with Gasteiger partial charge in [-0.1, -0.05) is 12.5 Å². The second-order valence-corrected chi connectivity index (χ2v) is 10.9. The standard InChI is InChI=1S/C21H33N3O5S/c1-3-4-5-6-14-24(2)19(26)17-9-7-8-16(17)18(25)22-21(12-13-21)20(27)23-30(28,29)15-10-11-15/h3,15-17H,1,4-14H2,2H3,(H,22,25)(H,23,27)/t16?,17-/m1/s1. The van der Waals surface area contributed by atoms with Gasteiger partial charge < -0.3 is 10.2 Å². The Hall–Kier alpha value is -1.90. The van der Waals surface area contributed by atoms with E-state index in [2.05, 4.69) is 16.6 Å². The van der Waals surface area contributed by atoms with Crippen LogP contribution in [0.2, 0.25) is 0 Å². The molecule has 0 radical (unpaired) electrons. The van der Waals surface area contributed by atoms with Gasteiger partial charge in [0.2, 0.25) is 21.8 Å². The van der Waals surface area contributed by atoms with E-state index in [1.165, 1.54) is 0 Å². The molecule has 0 heterocycles. The van der Waals surface area contributed by atoms with E-state index in [9.17, 15) is 22.8 Å². The Labute approximate surface area is 178 Å². The van der Waals surface area contributed by atoms with E-state index in [-0.39, 0.29) is 17.7 Å². The van der Waals surface area contributed by atoms with Crippen molar-refractivity contribution in [2.24, 2.45) is 11.8 Å². The predicted molar refractivity (Wildman–Crippen MR) is 113 cm³/mol. The third kappa shape index (κ3) is 5.22. The topological polar surface area (TPSA) is 113 Å². The highest BCUT2D eigenvalue weighted by Gasteiger charge is 2.54. The molecule has 1 unspecified atom stereocenters. The zero-order chi connectivity index (χ0) is 21.9. The van der Waals surface area contributed by atoms with Crippen molar-refractivity contribution in [3.63, 3.8) is 0 Å². The average Bonchev–Trinajstić information content (AvgIpc) is 3.62. The number of sulfonamides is 1. The van der Waals surface area contributed by atoms with Crippen molar-refractivity contribution in [2.45, 2.75) is 75.0 Å². The Morgan fingerprint density at radius 2 is 1.77 bits per heavy atom. The number of amides is 3. The maximum atomic E-state index is 12.9. The van der Waals surface area contributed by atoms with Crippen LogP contribution in [0.5, 0.6) is 0 Å². The molecule has 3 fully saturated rings. The number of unbranched alkanes of at least 4 members (excludes halogenated alkanes) is 2. The highest BCUT2D eigenvalue weighted by molar-refractivity contribution is 7.90. The minimum absolute atomic E-state index is 0.0307. The van der Waals surface area contributed by atoms with Crippen LogP contribution in [-0.4, -0.2) is 55.4 Å². The lowest BCUT2D eigenvalue weighted by molar-refractivity contribution is -0.140. The molecule has 3 amide bonds. The Morgan fingerprint density at radius 3 is 2.37 bits per heavy atom. The predicted octanol–water partition coefficient (Wildman–Crippen LogP) is 1.47. The number of rotatable bonds is 11. The quantitative estimate of drug-likeness (QED) is 0.374. The first kappa shape index (κ1) is 22.8. The molecule has 0 aliphatic heterocycles. The van der Waals surface area contributed by atoms with Crippen molar-refractivity contribution in [2.75, 3.05) is 13.6 Å². The molecule has 168 valence electrons. The molecular weight excluding hydrogens is 406 g/mol. The van der Waals surface area contributed by atoms with Crippen LogP contribution in [0.1, 0.15) is 64.2 Å². The zero-order valence-corrected chi connectivity index (χ0v) is 18.5. The van der Waals surface area contributed by atoms with Crippen molar-refractivity contribution in [1.29, 1.82) is 0 Å². The maximum Gasteiger partial charge on any atom is 0.259 e. The van der Waals surface area contributed by atoms with Gasteiger partial charge in [0.15, 0.2) is 0 Å². The van der Waals surface area contributed by atoms with Gasteiger partial charge in [0, 0.05) is 25.4 Å². The largest absolute Gasteiger partial charge is 0.346 e. The maximum absolute atomic E-state index is 12.9. The lowest BCUT2D eigenvalue weighted by Gasteiger charge is -2.26. The highest BCUT2D eigenvalue weighted by Crippen LogP contribution is 2.39. The minimum Gasteiger partial charge on any atom is -0.346 e. The summed E-state index contributed by atoms with van der Waals surface area (Å²) < 4.78 is 26.3. The number of hydrogen-bond acceptors (Lipinski definition) is 5. The molecule has 0 aromatic rings. The Kier molecular flexibility index (Phi) is 6.89. The van der Waals surface area contributed by atoms with Crippen molar-refractivity contribution in [3.05, 3.63) is 12.7 Å². The van der Waals surface area contributed by atoms with Crippen LogP contribution in [-0.2, 0) is 24.4 Å². The summed E-state index contributed by atoms with van der Waals surface area (Å²) in [4.78, 5) is 40.0. The minimum atomic E-state index is -3.65. The van der Waals surface area contributed by atoms with Gasteiger partial charge in [0.05, 0.1) is 5.25 Å². The summed E-state index contributed by atoms with van der Waals surface area (Å²) in [5.41, 5.74) is -1.15. The van der Waals surface area contributed by atoms with Crippen LogP contribution in [0.4, 0.5) is 0 Å². The van der Waals surface area contributed by atoms with Crippen LogP contribution in [0.25, 0.3) is 0 Å². The summed E-state index contributed by atoms with van der Waals surface area (Å²) in [7, 11) is -1.88. The number of hydrogen-bond donors (Lipinski definition) is 2. The van der Waals surface area contributed by atoms with Gasteiger partial charge in [-0.15, -0.1) is 6.58 Å². The zero-order valence-electron chi connectivity index (χ0n) is 17.7. The SMILES string of the molecule is C=CCCCCN(C)C(=O)[C@@H]1CCCC1C(=O)NC1(C(=O)NS(=O)(=O)C2CC2)CC1. The van der Waals surface area contributed by atoms with Crippen molar-refractivity contribution in [1.82, 2.24) is 14.9 Å². The van der Waals surface area contributed by atoms with E-state index in [1.54, 1.807) is 11.9 Å². The van der Waals surface area contributed by atoms with Gasteiger partial charge in [0.25, 0.3) is 5.91 Å². The normalized spacial score (nSPS) is 24.7. The second kappa shape index (κ2) is 9.08. The van der Waals surface area contributed by atoms with Gasteiger partial charge in [-0.3, -0.25) is 19.1 Å². The summed E-state index contributed by atoms with van der Waals surface area (Å²) in [6.45, 7) is 4.34. The van der Waals surface area contributed by atoms with Crippen LogP contribution < -0.4 is 10.0 Å². The molecule has 0 spiro atoms. The molecular formula is C21H33N3O5S. The van der Waals surface area contributed by atoms with E-state index in [4.69, 9.17) is 0 Å². The Balaban J connectivity index is 1.55. The van der Waals surface area contributed by atoms with Crippen molar-refractivity contribution >= 4 is 27.7 Å². The third-order valence-corrected chi connectivity index (χ3v) is 8.26. The van der Waals surface area contributed by atoms with E-state index < -0.39 is 32.6 Å². The first-order valence-corrected chi connectivity index (χ1v) is 12.5. The summed E-state index contributed by atoms with van der Waals surface area (Å²) in [6.07, 6.45) is 8.63. The van der Waals surface area contributed by atoms with Gasteiger partial charge in [-0.05, 0) is 57.8 Å².